The van der Waals surface area contributed by atoms with Crippen LogP contribution in [-0.4, -0.2) is 19.2 Å². The quantitative estimate of drug-likeness (QED) is 0.146. The molecule has 0 aliphatic rings. The number of nitrogens with zero attached hydrogens (tertiary/aromatic N) is 2. The lowest BCUT2D eigenvalue weighted by Gasteiger charge is -2.10. The number of carbonyl (C=O) groups excluding carboxylic acids is 1. The molecule has 0 saturated carbocycles. The molecular weight excluding hydrogens is 526 g/mol. The van der Waals surface area contributed by atoms with Gasteiger partial charge >= 0.3 is 10.1 Å². The summed E-state index contributed by atoms with van der Waals surface area (Å²) in [5, 5.41) is 22.8. The van der Waals surface area contributed by atoms with Gasteiger partial charge in [-0.25, -0.2) is 0 Å². The first-order valence-corrected chi connectivity index (χ1v) is 11.8. The van der Waals surface area contributed by atoms with Crippen molar-refractivity contribution < 1.29 is 22.3 Å². The monoisotopic (exact) mass is 541 g/mol. The Morgan fingerprint density at radius 2 is 1.82 bits per heavy atom. The zero-order chi connectivity index (χ0) is 24.9. The van der Waals surface area contributed by atoms with Gasteiger partial charge in [0.25, 0.3) is 11.6 Å². The summed E-state index contributed by atoms with van der Waals surface area (Å²) in [4.78, 5) is 22.3. The Hall–Kier alpha value is -4.01. The molecule has 3 aromatic carbocycles. The Morgan fingerprint density at radius 3 is 2.41 bits per heavy atom. The number of rotatable bonds is 7. The lowest BCUT2D eigenvalue weighted by molar-refractivity contribution is -0.384. The van der Waals surface area contributed by atoms with Crippen molar-refractivity contribution in [3.63, 3.8) is 0 Å². The normalized spacial score (nSPS) is 11.4. The second kappa shape index (κ2) is 10.3. The number of benzene rings is 3. The second-order valence-electron chi connectivity index (χ2n) is 6.92. The van der Waals surface area contributed by atoms with E-state index in [1.54, 1.807) is 12.1 Å². The molecule has 11 heteroatoms. The molecule has 0 saturated heterocycles. The highest BCUT2D eigenvalue weighted by Crippen LogP contribution is 2.30. The van der Waals surface area contributed by atoms with E-state index in [4.69, 9.17) is 4.18 Å². The van der Waals surface area contributed by atoms with Crippen LogP contribution in [-0.2, 0) is 14.9 Å². The minimum atomic E-state index is -4.26. The topological polar surface area (TPSA) is 139 Å². The van der Waals surface area contributed by atoms with E-state index in [1.807, 2.05) is 25.1 Å². The summed E-state index contributed by atoms with van der Waals surface area (Å²) in [6.45, 7) is 1.83. The van der Waals surface area contributed by atoms with Gasteiger partial charge in [0.15, 0.2) is 5.75 Å². The maximum atomic E-state index is 12.5. The van der Waals surface area contributed by atoms with E-state index >= 15 is 0 Å². The van der Waals surface area contributed by atoms with E-state index in [0.29, 0.717) is 11.3 Å². The number of carbonyl (C=O) groups is 1. The summed E-state index contributed by atoms with van der Waals surface area (Å²) < 4.78 is 30.4. The summed E-state index contributed by atoms with van der Waals surface area (Å²) in [6, 6.07) is 17.6. The number of hydrogen-bond donors (Lipinski definition) is 1. The minimum absolute atomic E-state index is 0.0432. The van der Waals surface area contributed by atoms with Gasteiger partial charge in [-0.05, 0) is 70.4 Å². The molecule has 0 fully saturated rings. The molecule has 0 bridgehead atoms. The first kappa shape index (κ1) is 24.6. The molecule has 0 heterocycles. The Labute approximate surface area is 203 Å². The van der Waals surface area contributed by atoms with Crippen molar-refractivity contribution in [2.45, 2.75) is 11.8 Å². The fraction of sp³-hybridized carbons (Fsp3) is 0.0435. The molecule has 0 atom stereocenters. The van der Waals surface area contributed by atoms with Gasteiger partial charge in [-0.1, -0.05) is 24.3 Å². The van der Waals surface area contributed by atoms with Crippen LogP contribution in [0.4, 0.5) is 11.4 Å². The number of anilines is 1. The number of amides is 1. The predicted octanol–water partition coefficient (Wildman–Crippen LogP) is 4.98. The van der Waals surface area contributed by atoms with Crippen LogP contribution in [0.1, 0.15) is 11.1 Å². The maximum absolute atomic E-state index is 12.5. The van der Waals surface area contributed by atoms with Crippen molar-refractivity contribution in [3.8, 4) is 11.8 Å². The van der Waals surface area contributed by atoms with E-state index in [1.165, 1.54) is 24.3 Å². The fourth-order valence-corrected chi connectivity index (χ4v) is 4.33. The van der Waals surface area contributed by atoms with Crippen molar-refractivity contribution >= 4 is 49.4 Å². The number of para-hydroxylation sites is 1. The highest BCUT2D eigenvalue weighted by Gasteiger charge is 2.20. The second-order valence-corrected chi connectivity index (χ2v) is 9.32. The number of halogens is 1. The molecule has 34 heavy (non-hydrogen) atoms. The largest absolute Gasteiger partial charge is 0.378 e. The van der Waals surface area contributed by atoms with Crippen LogP contribution < -0.4 is 9.50 Å². The molecule has 0 unspecified atom stereocenters. The molecule has 172 valence electrons. The molecular formula is C23H16BrN3O6S. The smallest absolute Gasteiger partial charge is 0.339 e. The predicted molar refractivity (Wildman–Crippen MR) is 128 cm³/mol. The van der Waals surface area contributed by atoms with Gasteiger partial charge in [0.05, 0.1) is 9.40 Å². The van der Waals surface area contributed by atoms with Crippen LogP contribution in [0.15, 0.2) is 81.7 Å². The van der Waals surface area contributed by atoms with Crippen LogP contribution in [0.5, 0.6) is 5.75 Å². The summed E-state index contributed by atoms with van der Waals surface area (Å²) in [5.41, 5.74) is 1.46. The highest BCUT2D eigenvalue weighted by atomic mass is 79.9. The molecule has 0 aromatic heterocycles. The number of nitriles is 1. The molecule has 0 radical (unpaired) electrons. The average Bonchev–Trinajstić information content (AvgIpc) is 2.80. The molecule has 9 nitrogen and oxygen atoms in total. The van der Waals surface area contributed by atoms with Crippen molar-refractivity contribution in [1.82, 2.24) is 0 Å². The van der Waals surface area contributed by atoms with Crippen molar-refractivity contribution in [3.05, 3.63) is 98.0 Å². The van der Waals surface area contributed by atoms with Crippen molar-refractivity contribution in [1.29, 1.82) is 5.26 Å². The summed E-state index contributed by atoms with van der Waals surface area (Å²) >= 11 is 3.22. The minimum Gasteiger partial charge on any atom is -0.378 e. The number of hydrogen-bond acceptors (Lipinski definition) is 7. The van der Waals surface area contributed by atoms with E-state index in [2.05, 4.69) is 21.2 Å². The molecule has 3 rings (SSSR count). The van der Waals surface area contributed by atoms with Crippen molar-refractivity contribution in [2.75, 3.05) is 5.32 Å². The van der Waals surface area contributed by atoms with Crippen LogP contribution in [0.25, 0.3) is 6.08 Å². The standard InChI is InChI=1S/C23H16BrN3O6S/c1-15-4-2-3-5-21(15)26-23(28)17(14-25)12-16-6-11-22(20(24)13-16)33-34(31,32)19-9-7-18(8-10-19)27(29)30/h2-13H,1H3,(H,26,28)/b17-12+. The number of nitro benzene ring substituents is 1. The van der Waals surface area contributed by atoms with Crippen LogP contribution in [0.3, 0.4) is 0 Å². The van der Waals surface area contributed by atoms with Crippen LogP contribution in [0.2, 0.25) is 0 Å². The first-order chi connectivity index (χ1) is 16.1. The first-order valence-electron chi connectivity index (χ1n) is 9.58. The van der Waals surface area contributed by atoms with Gasteiger partial charge in [0.2, 0.25) is 0 Å². The Balaban J connectivity index is 1.80. The Morgan fingerprint density at radius 1 is 1.15 bits per heavy atom. The van der Waals surface area contributed by atoms with E-state index < -0.39 is 20.9 Å². The molecule has 0 aliphatic carbocycles. The number of nitro groups is 1. The average molecular weight is 542 g/mol. The number of non-ortho nitro benzene ring substituents is 1. The van der Waals surface area contributed by atoms with E-state index in [9.17, 15) is 28.6 Å². The zero-order valence-electron chi connectivity index (χ0n) is 17.6. The molecule has 0 spiro atoms. The lowest BCUT2D eigenvalue weighted by atomic mass is 10.1. The summed E-state index contributed by atoms with van der Waals surface area (Å²) in [6.07, 6.45) is 1.35. The van der Waals surface area contributed by atoms with Crippen LogP contribution in [0, 0.1) is 28.4 Å². The molecule has 3 aromatic rings. The third-order valence-corrected chi connectivity index (χ3v) is 6.43. The molecule has 1 N–H and O–H groups in total. The molecule has 0 aliphatic heterocycles. The maximum Gasteiger partial charge on any atom is 0.339 e. The third-order valence-electron chi connectivity index (χ3n) is 4.56. The van der Waals surface area contributed by atoms with Gasteiger partial charge < -0.3 is 9.50 Å². The van der Waals surface area contributed by atoms with Crippen molar-refractivity contribution in [2.24, 2.45) is 0 Å². The van der Waals surface area contributed by atoms with E-state index in [-0.39, 0.29) is 26.4 Å². The fourth-order valence-electron chi connectivity index (χ4n) is 2.79. The number of aryl methyl sites for hydroxylation is 1. The SMILES string of the molecule is Cc1ccccc1NC(=O)/C(C#N)=C/c1ccc(OS(=O)(=O)c2ccc([N+](=O)[O-])cc2)c(Br)c1. The highest BCUT2D eigenvalue weighted by molar-refractivity contribution is 9.10. The van der Waals surface area contributed by atoms with Gasteiger partial charge in [-0.2, -0.15) is 13.7 Å². The Bertz CT molecular complexity index is 1440. The summed E-state index contributed by atoms with van der Waals surface area (Å²) in [5.74, 6) is -0.632. The van der Waals surface area contributed by atoms with E-state index in [0.717, 1.165) is 29.8 Å². The van der Waals surface area contributed by atoms with Gasteiger partial charge in [0.1, 0.15) is 16.5 Å². The lowest BCUT2D eigenvalue weighted by Crippen LogP contribution is -2.14. The van der Waals surface area contributed by atoms with Gasteiger partial charge in [-0.15, -0.1) is 0 Å². The Kier molecular flexibility index (Phi) is 7.45. The third kappa shape index (κ3) is 5.86. The van der Waals surface area contributed by atoms with Gasteiger partial charge in [-0.3, -0.25) is 14.9 Å². The number of nitrogens with one attached hydrogen (secondary N) is 1. The zero-order valence-corrected chi connectivity index (χ0v) is 20.0. The van der Waals surface area contributed by atoms with Crippen LogP contribution >= 0.6 is 15.9 Å². The summed E-state index contributed by atoms with van der Waals surface area (Å²) in [7, 11) is -4.26. The molecule has 1 amide bonds. The van der Waals surface area contributed by atoms with Gasteiger partial charge in [0, 0.05) is 17.8 Å².